The summed E-state index contributed by atoms with van der Waals surface area (Å²) in [4.78, 5) is 12.1. The molecule has 8 heteroatoms. The topological polar surface area (TPSA) is 85.0 Å². The maximum atomic E-state index is 12.1. The Balaban J connectivity index is 1.52. The molecule has 124 valence electrons. The minimum atomic E-state index is -0.534. The van der Waals surface area contributed by atoms with Crippen molar-refractivity contribution in [3.8, 4) is 0 Å². The fourth-order valence-electron chi connectivity index (χ4n) is 3.08. The Labute approximate surface area is 139 Å². The van der Waals surface area contributed by atoms with Crippen LogP contribution in [0.1, 0.15) is 18.5 Å². The molecule has 0 aliphatic heterocycles. The smallest absolute Gasteiger partial charge is 0.242 e. The van der Waals surface area contributed by atoms with E-state index in [2.05, 4.69) is 15.5 Å². The normalized spacial score (nSPS) is 24.0. The SMILES string of the molecule is Cc1ccnn1CC(=O)N[C@@H]1CC(Cn2cc(Cl)cn2)C[C@H]1O. The van der Waals surface area contributed by atoms with Gasteiger partial charge in [0.15, 0.2) is 0 Å². The van der Waals surface area contributed by atoms with Gasteiger partial charge in [-0.05, 0) is 31.7 Å². The molecule has 1 unspecified atom stereocenters. The molecule has 1 amide bonds. The number of rotatable bonds is 5. The van der Waals surface area contributed by atoms with Gasteiger partial charge in [-0.15, -0.1) is 0 Å². The van der Waals surface area contributed by atoms with Crippen LogP contribution in [0.3, 0.4) is 0 Å². The first-order valence-corrected chi connectivity index (χ1v) is 8.03. The van der Waals surface area contributed by atoms with Gasteiger partial charge in [0, 0.05) is 24.6 Å². The summed E-state index contributed by atoms with van der Waals surface area (Å²) in [5, 5.41) is 21.9. The molecule has 0 saturated heterocycles. The van der Waals surface area contributed by atoms with Gasteiger partial charge in [0.05, 0.1) is 23.4 Å². The highest BCUT2D eigenvalue weighted by Crippen LogP contribution is 2.27. The lowest BCUT2D eigenvalue weighted by atomic mass is 10.1. The second-order valence-electron chi connectivity index (χ2n) is 6.09. The van der Waals surface area contributed by atoms with Crippen LogP contribution < -0.4 is 5.32 Å². The van der Waals surface area contributed by atoms with Crippen LogP contribution in [0.15, 0.2) is 24.7 Å². The molecule has 2 aromatic rings. The zero-order chi connectivity index (χ0) is 16.4. The van der Waals surface area contributed by atoms with Gasteiger partial charge in [0.2, 0.25) is 5.91 Å². The summed E-state index contributed by atoms with van der Waals surface area (Å²) in [5.41, 5.74) is 0.931. The Morgan fingerprint density at radius 1 is 1.48 bits per heavy atom. The molecule has 1 saturated carbocycles. The van der Waals surface area contributed by atoms with Crippen molar-refractivity contribution in [3.63, 3.8) is 0 Å². The predicted octanol–water partition coefficient (Wildman–Crippen LogP) is 0.997. The van der Waals surface area contributed by atoms with E-state index in [0.29, 0.717) is 18.0 Å². The van der Waals surface area contributed by atoms with Crippen molar-refractivity contribution in [2.75, 3.05) is 0 Å². The van der Waals surface area contributed by atoms with Crippen LogP contribution in [0.4, 0.5) is 0 Å². The van der Waals surface area contributed by atoms with Crippen molar-refractivity contribution in [2.24, 2.45) is 5.92 Å². The number of hydrogen-bond donors (Lipinski definition) is 2. The fraction of sp³-hybridized carbons (Fsp3) is 0.533. The van der Waals surface area contributed by atoms with Gasteiger partial charge in [0.25, 0.3) is 0 Å². The van der Waals surface area contributed by atoms with E-state index < -0.39 is 6.10 Å². The summed E-state index contributed by atoms with van der Waals surface area (Å²) in [6, 6.07) is 1.62. The van der Waals surface area contributed by atoms with Crippen molar-refractivity contribution < 1.29 is 9.90 Å². The number of carbonyl (C=O) groups is 1. The van der Waals surface area contributed by atoms with E-state index in [9.17, 15) is 9.90 Å². The van der Waals surface area contributed by atoms with Crippen LogP contribution in [0.5, 0.6) is 0 Å². The summed E-state index contributed by atoms with van der Waals surface area (Å²) in [7, 11) is 0. The van der Waals surface area contributed by atoms with Gasteiger partial charge in [-0.25, -0.2) is 0 Å². The zero-order valence-electron chi connectivity index (χ0n) is 12.9. The summed E-state index contributed by atoms with van der Waals surface area (Å²) >= 11 is 5.85. The van der Waals surface area contributed by atoms with Crippen LogP contribution in [0.2, 0.25) is 5.02 Å². The van der Waals surface area contributed by atoms with E-state index in [1.54, 1.807) is 28.0 Å². The number of aromatic nitrogens is 4. The maximum Gasteiger partial charge on any atom is 0.242 e. The van der Waals surface area contributed by atoms with Gasteiger partial charge in [-0.2, -0.15) is 10.2 Å². The quantitative estimate of drug-likeness (QED) is 0.852. The summed E-state index contributed by atoms with van der Waals surface area (Å²) < 4.78 is 3.41. The second kappa shape index (κ2) is 6.72. The molecule has 1 aliphatic rings. The third kappa shape index (κ3) is 3.92. The Bertz CT molecular complexity index is 683. The molecule has 23 heavy (non-hydrogen) atoms. The first kappa shape index (κ1) is 16.0. The van der Waals surface area contributed by atoms with Crippen molar-refractivity contribution >= 4 is 17.5 Å². The molecule has 3 atom stereocenters. The zero-order valence-corrected chi connectivity index (χ0v) is 13.6. The third-order valence-corrected chi connectivity index (χ3v) is 4.44. The Hall–Kier alpha value is -1.86. The minimum Gasteiger partial charge on any atom is -0.391 e. The highest BCUT2D eigenvalue weighted by molar-refractivity contribution is 6.30. The number of halogens is 1. The van der Waals surface area contributed by atoms with Crippen molar-refractivity contribution in [1.29, 1.82) is 0 Å². The van der Waals surface area contributed by atoms with Crippen LogP contribution in [-0.4, -0.2) is 42.7 Å². The van der Waals surface area contributed by atoms with Crippen molar-refractivity contribution in [1.82, 2.24) is 24.9 Å². The van der Waals surface area contributed by atoms with Gasteiger partial charge >= 0.3 is 0 Å². The van der Waals surface area contributed by atoms with E-state index in [1.807, 2.05) is 13.0 Å². The highest BCUT2D eigenvalue weighted by atomic mass is 35.5. The van der Waals surface area contributed by atoms with Gasteiger partial charge in [-0.3, -0.25) is 14.2 Å². The highest BCUT2D eigenvalue weighted by Gasteiger charge is 2.34. The summed E-state index contributed by atoms with van der Waals surface area (Å²) in [5.74, 6) is 0.126. The van der Waals surface area contributed by atoms with E-state index in [0.717, 1.165) is 12.1 Å². The Kier molecular flexibility index (Phi) is 4.68. The van der Waals surface area contributed by atoms with E-state index in [4.69, 9.17) is 11.6 Å². The average Bonchev–Trinajstić information content (AvgIpc) is 3.15. The number of hydrogen-bond acceptors (Lipinski definition) is 4. The number of nitrogens with one attached hydrogen (secondary N) is 1. The number of aryl methyl sites for hydroxylation is 1. The number of carbonyl (C=O) groups excluding carboxylic acids is 1. The molecule has 7 nitrogen and oxygen atoms in total. The maximum absolute atomic E-state index is 12.1. The molecule has 0 spiro atoms. The molecule has 2 heterocycles. The first-order valence-electron chi connectivity index (χ1n) is 7.65. The summed E-state index contributed by atoms with van der Waals surface area (Å²) in [6.07, 6.45) is 5.86. The molecule has 0 aromatic carbocycles. The standard InChI is InChI=1S/C15H20ClN5O2/c1-10-2-3-17-21(10)9-15(23)19-13-4-11(5-14(13)22)7-20-8-12(16)6-18-20/h2-3,6,8,11,13-14,22H,4-5,7,9H2,1H3,(H,19,23)/t11?,13-,14-/m1/s1. The number of aliphatic hydroxyl groups excluding tert-OH is 1. The van der Waals surface area contributed by atoms with Crippen molar-refractivity contribution in [3.05, 3.63) is 35.4 Å². The molecule has 0 bridgehead atoms. The predicted molar refractivity (Wildman–Crippen MR) is 84.9 cm³/mol. The molecule has 2 aromatic heterocycles. The Morgan fingerprint density at radius 3 is 2.96 bits per heavy atom. The minimum absolute atomic E-state index is 0.136. The number of nitrogens with zero attached hydrogens (tertiary/aromatic N) is 4. The van der Waals surface area contributed by atoms with Gasteiger partial charge in [-0.1, -0.05) is 11.6 Å². The molecule has 1 fully saturated rings. The largest absolute Gasteiger partial charge is 0.391 e. The van der Waals surface area contributed by atoms with E-state index in [1.165, 1.54) is 0 Å². The van der Waals surface area contributed by atoms with Crippen LogP contribution in [0.25, 0.3) is 0 Å². The average molecular weight is 338 g/mol. The van der Waals surface area contributed by atoms with Crippen LogP contribution in [0, 0.1) is 12.8 Å². The molecule has 2 N–H and O–H groups in total. The number of aliphatic hydroxyl groups is 1. The van der Waals surface area contributed by atoms with Crippen LogP contribution >= 0.6 is 11.6 Å². The third-order valence-electron chi connectivity index (χ3n) is 4.24. The molecular formula is C15H20ClN5O2. The first-order chi connectivity index (χ1) is 11.0. The monoisotopic (exact) mass is 337 g/mol. The lowest BCUT2D eigenvalue weighted by Gasteiger charge is -2.16. The fourth-order valence-corrected chi connectivity index (χ4v) is 3.23. The van der Waals surface area contributed by atoms with Gasteiger partial charge in [0.1, 0.15) is 6.54 Å². The van der Waals surface area contributed by atoms with Crippen LogP contribution in [-0.2, 0) is 17.9 Å². The summed E-state index contributed by atoms with van der Waals surface area (Å²) in [6.45, 7) is 2.76. The van der Waals surface area contributed by atoms with E-state index in [-0.39, 0.29) is 24.4 Å². The lowest BCUT2D eigenvalue weighted by Crippen LogP contribution is -2.41. The molecular weight excluding hydrogens is 318 g/mol. The Morgan fingerprint density at radius 2 is 2.30 bits per heavy atom. The second-order valence-corrected chi connectivity index (χ2v) is 6.53. The lowest BCUT2D eigenvalue weighted by molar-refractivity contribution is -0.123. The van der Waals surface area contributed by atoms with Crippen molar-refractivity contribution in [2.45, 2.75) is 45.0 Å². The van der Waals surface area contributed by atoms with E-state index >= 15 is 0 Å². The molecule has 3 rings (SSSR count). The molecule has 0 radical (unpaired) electrons. The van der Waals surface area contributed by atoms with Gasteiger partial charge < -0.3 is 10.4 Å². The molecule has 1 aliphatic carbocycles. The number of amides is 1.